The van der Waals surface area contributed by atoms with Gasteiger partial charge in [-0.05, 0) is 43.7 Å². The third-order valence-electron chi connectivity index (χ3n) is 4.35. The first-order valence-electron chi connectivity index (χ1n) is 8.49. The molecule has 3 aromatic rings. The summed E-state index contributed by atoms with van der Waals surface area (Å²) in [6, 6.07) is 11.1. The van der Waals surface area contributed by atoms with Crippen LogP contribution in [0, 0.1) is 6.92 Å². The van der Waals surface area contributed by atoms with Crippen LogP contribution in [0.25, 0.3) is 5.69 Å². The molecule has 1 N–H and O–H groups in total. The third kappa shape index (κ3) is 4.22. The molecule has 0 aliphatic heterocycles. The second-order valence-corrected chi connectivity index (χ2v) is 6.76. The molecule has 0 aliphatic carbocycles. The van der Waals surface area contributed by atoms with E-state index in [1.54, 1.807) is 6.92 Å². The highest BCUT2D eigenvalue weighted by atomic mass is 35.5. The molecule has 1 atom stereocenters. The van der Waals surface area contributed by atoms with E-state index in [1.165, 1.54) is 6.92 Å². The lowest BCUT2D eigenvalue weighted by Gasteiger charge is -2.16. The minimum Gasteiger partial charge on any atom is -0.348 e. The highest BCUT2D eigenvalue weighted by Crippen LogP contribution is 2.35. The molecule has 0 saturated carbocycles. The molecule has 2 aromatic heterocycles. The Hall–Kier alpha value is -2.74. The fourth-order valence-electron chi connectivity index (χ4n) is 2.83. The number of rotatable bonds is 5. The number of hydrogen-bond donors (Lipinski definition) is 1. The summed E-state index contributed by atoms with van der Waals surface area (Å²) in [6.07, 6.45) is -0.856. The molecule has 1 amide bonds. The number of halogens is 4. The molecular formula is C19H18ClF3N4O. The van der Waals surface area contributed by atoms with Crippen molar-refractivity contribution < 1.29 is 18.0 Å². The molecule has 3 rings (SSSR count). The Labute approximate surface area is 164 Å². The van der Waals surface area contributed by atoms with Gasteiger partial charge in [-0.15, -0.1) is 0 Å². The van der Waals surface area contributed by atoms with E-state index in [4.69, 9.17) is 11.6 Å². The van der Waals surface area contributed by atoms with Gasteiger partial charge in [0.15, 0.2) is 5.69 Å². The van der Waals surface area contributed by atoms with Gasteiger partial charge in [0.25, 0.3) is 0 Å². The predicted molar refractivity (Wildman–Crippen MR) is 99.3 cm³/mol. The summed E-state index contributed by atoms with van der Waals surface area (Å²) >= 11 is 5.71. The minimum absolute atomic E-state index is 0.0893. The Kier molecular flexibility index (Phi) is 5.51. The van der Waals surface area contributed by atoms with Gasteiger partial charge in [-0.2, -0.15) is 18.3 Å². The highest BCUT2D eigenvalue weighted by molar-refractivity contribution is 6.32. The van der Waals surface area contributed by atoms with Gasteiger partial charge in [-0.3, -0.25) is 9.48 Å². The maximum atomic E-state index is 12.9. The average Bonchev–Trinajstić information content (AvgIpc) is 3.26. The summed E-state index contributed by atoms with van der Waals surface area (Å²) in [5, 5.41) is 5.73. The quantitative estimate of drug-likeness (QED) is 0.671. The number of nitrogens with one attached hydrogen (secondary N) is 1. The van der Waals surface area contributed by atoms with Crippen molar-refractivity contribution in [3.63, 3.8) is 0 Å². The van der Waals surface area contributed by atoms with Gasteiger partial charge in [0.05, 0.1) is 16.8 Å². The van der Waals surface area contributed by atoms with E-state index in [1.807, 2.05) is 53.4 Å². The predicted octanol–water partition coefficient (Wildman–Crippen LogP) is 4.53. The topological polar surface area (TPSA) is 51.9 Å². The van der Waals surface area contributed by atoms with E-state index in [-0.39, 0.29) is 18.3 Å². The molecular weight excluding hydrogens is 393 g/mol. The van der Waals surface area contributed by atoms with Crippen molar-refractivity contribution in [3.05, 3.63) is 70.8 Å². The second-order valence-electron chi connectivity index (χ2n) is 6.38. The molecule has 0 spiro atoms. The number of benzene rings is 1. The van der Waals surface area contributed by atoms with E-state index in [2.05, 4.69) is 10.4 Å². The molecule has 0 fully saturated rings. The monoisotopic (exact) mass is 410 g/mol. The van der Waals surface area contributed by atoms with Crippen molar-refractivity contribution in [1.82, 2.24) is 19.7 Å². The van der Waals surface area contributed by atoms with Crippen LogP contribution in [0.3, 0.4) is 0 Å². The molecule has 28 heavy (non-hydrogen) atoms. The van der Waals surface area contributed by atoms with Crippen LogP contribution in [0.5, 0.6) is 0 Å². The van der Waals surface area contributed by atoms with Gasteiger partial charge in [0.2, 0.25) is 5.91 Å². The lowest BCUT2D eigenvalue weighted by atomic mass is 10.1. The van der Waals surface area contributed by atoms with E-state index >= 15 is 0 Å². The Morgan fingerprint density at radius 1 is 1.25 bits per heavy atom. The average molecular weight is 411 g/mol. The number of alkyl halides is 3. The van der Waals surface area contributed by atoms with Gasteiger partial charge in [0.1, 0.15) is 6.54 Å². The van der Waals surface area contributed by atoms with Gasteiger partial charge in [-0.25, -0.2) is 0 Å². The van der Waals surface area contributed by atoms with Crippen LogP contribution >= 0.6 is 11.6 Å². The van der Waals surface area contributed by atoms with Crippen molar-refractivity contribution in [2.24, 2.45) is 0 Å². The van der Waals surface area contributed by atoms with Crippen molar-refractivity contribution in [1.29, 1.82) is 0 Å². The molecule has 2 heterocycles. The van der Waals surface area contributed by atoms with Crippen LogP contribution in [-0.4, -0.2) is 20.3 Å². The normalized spacial score (nSPS) is 12.8. The first kappa shape index (κ1) is 20.0. The van der Waals surface area contributed by atoms with E-state index in [0.29, 0.717) is 0 Å². The number of carbonyl (C=O) groups excluding carboxylic acids is 1. The largest absolute Gasteiger partial charge is 0.436 e. The van der Waals surface area contributed by atoms with E-state index in [9.17, 15) is 18.0 Å². The molecule has 0 saturated heterocycles. The fourth-order valence-corrected chi connectivity index (χ4v) is 3.07. The molecule has 5 nitrogen and oxygen atoms in total. The zero-order valence-electron chi connectivity index (χ0n) is 15.2. The number of nitrogens with zero attached hydrogens (tertiary/aromatic N) is 3. The number of aromatic nitrogens is 3. The van der Waals surface area contributed by atoms with Gasteiger partial charge in [-0.1, -0.05) is 23.7 Å². The Morgan fingerprint density at radius 3 is 2.54 bits per heavy atom. The highest BCUT2D eigenvalue weighted by Gasteiger charge is 2.38. The Bertz CT molecular complexity index is 980. The molecule has 148 valence electrons. The van der Waals surface area contributed by atoms with E-state index in [0.717, 1.165) is 15.9 Å². The fraction of sp³-hybridized carbons (Fsp3) is 0.263. The van der Waals surface area contributed by atoms with Crippen molar-refractivity contribution in [2.75, 3.05) is 0 Å². The SMILES string of the molecule is Cc1c(Cl)c(C(F)(F)F)nn1CC(=O)NC(C)c1cccc(-n2cccc2)c1. The summed E-state index contributed by atoms with van der Waals surface area (Å²) in [5.74, 6) is -0.463. The summed E-state index contributed by atoms with van der Waals surface area (Å²) < 4.78 is 41.6. The minimum atomic E-state index is -4.67. The number of carbonyl (C=O) groups is 1. The molecule has 0 radical (unpaired) electrons. The van der Waals surface area contributed by atoms with Crippen LogP contribution in [0.2, 0.25) is 5.02 Å². The maximum Gasteiger partial charge on any atom is 0.436 e. The first-order chi connectivity index (χ1) is 13.2. The van der Waals surface area contributed by atoms with Crippen LogP contribution < -0.4 is 5.32 Å². The lowest BCUT2D eigenvalue weighted by Crippen LogP contribution is -2.31. The molecule has 1 aromatic carbocycles. The lowest BCUT2D eigenvalue weighted by molar-refractivity contribution is -0.141. The molecule has 0 bridgehead atoms. The van der Waals surface area contributed by atoms with Crippen LogP contribution in [0.15, 0.2) is 48.8 Å². The second kappa shape index (κ2) is 7.71. The van der Waals surface area contributed by atoms with E-state index < -0.39 is 22.8 Å². The van der Waals surface area contributed by atoms with Crippen molar-refractivity contribution >= 4 is 17.5 Å². The van der Waals surface area contributed by atoms with Crippen molar-refractivity contribution in [3.8, 4) is 5.69 Å². The van der Waals surface area contributed by atoms with Crippen LogP contribution in [-0.2, 0) is 17.5 Å². The standard InChI is InChI=1S/C19H18ClF3N4O/c1-12(14-6-5-7-15(10-14)26-8-3-4-9-26)24-16(28)11-27-13(2)17(20)18(25-27)19(21,22)23/h3-10,12H,11H2,1-2H3,(H,24,28). The zero-order chi connectivity index (χ0) is 20.5. The molecule has 9 heteroatoms. The molecule has 0 aliphatic rings. The summed E-state index contributed by atoms with van der Waals surface area (Å²) in [7, 11) is 0. The third-order valence-corrected chi connectivity index (χ3v) is 4.80. The van der Waals surface area contributed by atoms with Gasteiger partial charge in [0, 0.05) is 18.1 Å². The van der Waals surface area contributed by atoms with Gasteiger partial charge >= 0.3 is 6.18 Å². The Morgan fingerprint density at radius 2 is 1.93 bits per heavy atom. The maximum absolute atomic E-state index is 12.9. The molecule has 1 unspecified atom stereocenters. The number of hydrogen-bond acceptors (Lipinski definition) is 2. The first-order valence-corrected chi connectivity index (χ1v) is 8.87. The summed E-state index contributed by atoms with van der Waals surface area (Å²) in [6.45, 7) is 2.84. The van der Waals surface area contributed by atoms with Crippen LogP contribution in [0.1, 0.15) is 29.9 Å². The van der Waals surface area contributed by atoms with Crippen molar-refractivity contribution in [2.45, 2.75) is 32.6 Å². The number of amides is 1. The zero-order valence-corrected chi connectivity index (χ0v) is 15.9. The van der Waals surface area contributed by atoms with Gasteiger partial charge < -0.3 is 9.88 Å². The Balaban J connectivity index is 1.71. The van der Waals surface area contributed by atoms with Crippen LogP contribution in [0.4, 0.5) is 13.2 Å². The summed E-state index contributed by atoms with van der Waals surface area (Å²) in [4.78, 5) is 12.3. The smallest absolute Gasteiger partial charge is 0.348 e. The summed E-state index contributed by atoms with van der Waals surface area (Å²) in [5.41, 5.74) is 0.706.